The highest BCUT2D eigenvalue weighted by atomic mass is 127. The van der Waals surface area contributed by atoms with Gasteiger partial charge in [-0.3, -0.25) is 14.7 Å². The molecule has 0 radical (unpaired) electrons. The van der Waals surface area contributed by atoms with E-state index < -0.39 is 5.54 Å². The average molecular weight is 423 g/mol. The first-order chi connectivity index (χ1) is 9.86. The summed E-state index contributed by atoms with van der Waals surface area (Å²) in [6, 6.07) is 0.579. The van der Waals surface area contributed by atoms with E-state index in [9.17, 15) is 4.79 Å². The van der Waals surface area contributed by atoms with Gasteiger partial charge in [0, 0.05) is 38.8 Å². The number of halogens is 1. The summed E-state index contributed by atoms with van der Waals surface area (Å²) in [6.07, 6.45) is 1.23. The molecule has 0 aromatic heterocycles. The van der Waals surface area contributed by atoms with Gasteiger partial charge in [0.15, 0.2) is 5.96 Å². The maximum absolute atomic E-state index is 11.6. The Morgan fingerprint density at radius 3 is 2.27 bits per heavy atom. The quantitative estimate of drug-likeness (QED) is 0.400. The summed E-state index contributed by atoms with van der Waals surface area (Å²) in [5.41, 5.74) is 4.93. The van der Waals surface area contributed by atoms with Gasteiger partial charge in [0.25, 0.3) is 0 Å². The van der Waals surface area contributed by atoms with Crippen LogP contribution >= 0.6 is 24.0 Å². The summed E-state index contributed by atoms with van der Waals surface area (Å²) in [5.74, 6) is 1.51. The second-order valence-electron chi connectivity index (χ2n) is 6.66. The van der Waals surface area contributed by atoms with Crippen molar-refractivity contribution in [2.75, 3.05) is 32.7 Å². The van der Waals surface area contributed by atoms with Gasteiger partial charge in [-0.15, -0.1) is 24.0 Å². The number of nitrogens with one attached hydrogen (secondary N) is 1. The van der Waals surface area contributed by atoms with Crippen molar-refractivity contribution in [2.45, 2.75) is 45.7 Å². The molecule has 1 heterocycles. The fraction of sp³-hybridized carbons (Fsp3) is 0.867. The Labute approximate surface area is 150 Å². The van der Waals surface area contributed by atoms with Crippen LogP contribution in [0.25, 0.3) is 0 Å². The molecule has 1 aliphatic carbocycles. The van der Waals surface area contributed by atoms with Crippen molar-refractivity contribution in [3.8, 4) is 0 Å². The fourth-order valence-electron chi connectivity index (χ4n) is 2.71. The van der Waals surface area contributed by atoms with Crippen LogP contribution in [0.15, 0.2) is 4.99 Å². The molecule has 2 unspecified atom stereocenters. The fourth-order valence-corrected chi connectivity index (χ4v) is 2.71. The first-order valence-electron chi connectivity index (χ1n) is 7.97. The first-order valence-corrected chi connectivity index (χ1v) is 7.97. The number of aliphatic imine (C=N–C) groups is 1. The van der Waals surface area contributed by atoms with Crippen molar-refractivity contribution >= 4 is 35.8 Å². The number of guanidine groups is 1. The van der Waals surface area contributed by atoms with Gasteiger partial charge >= 0.3 is 0 Å². The van der Waals surface area contributed by atoms with Crippen molar-refractivity contribution < 1.29 is 4.79 Å². The Bertz CT molecular complexity index is 418. The van der Waals surface area contributed by atoms with Crippen LogP contribution in [-0.4, -0.2) is 66.0 Å². The van der Waals surface area contributed by atoms with E-state index in [0.29, 0.717) is 6.04 Å². The maximum Gasteiger partial charge on any atom is 0.237 e. The lowest BCUT2D eigenvalue weighted by Crippen LogP contribution is -2.61. The lowest BCUT2D eigenvalue weighted by atomic mass is 10.0. The third kappa shape index (κ3) is 4.47. The van der Waals surface area contributed by atoms with Crippen LogP contribution < -0.4 is 11.1 Å². The van der Waals surface area contributed by atoms with E-state index in [1.165, 1.54) is 6.42 Å². The minimum absolute atomic E-state index is 0. The molecule has 2 rings (SSSR count). The monoisotopic (exact) mass is 423 g/mol. The molecule has 3 N–H and O–H groups in total. The Kier molecular flexibility index (Phi) is 6.91. The summed E-state index contributed by atoms with van der Waals surface area (Å²) in [6.45, 7) is 12.3. The average Bonchev–Trinajstić information content (AvgIpc) is 3.14. The Hall–Kier alpha value is -0.570. The highest BCUT2D eigenvalue weighted by molar-refractivity contribution is 14.0. The summed E-state index contributed by atoms with van der Waals surface area (Å²) >= 11 is 0. The zero-order chi connectivity index (χ0) is 15.6. The minimum atomic E-state index is -0.577. The van der Waals surface area contributed by atoms with Crippen LogP contribution in [0.5, 0.6) is 0 Å². The standard InChI is InChI=1S/C15H29N5O.HI/c1-5-17-14(18-12-10-11(12)2)19-6-8-20(9-7-19)15(3,4)13(16)21;/h11-12H,5-10H2,1-4H3,(H2,16,21)(H,17,18);1H. The largest absolute Gasteiger partial charge is 0.368 e. The van der Waals surface area contributed by atoms with Crippen LogP contribution in [-0.2, 0) is 4.79 Å². The van der Waals surface area contributed by atoms with Gasteiger partial charge in [-0.1, -0.05) is 6.92 Å². The molecule has 1 saturated heterocycles. The van der Waals surface area contributed by atoms with Crippen molar-refractivity contribution in [1.29, 1.82) is 0 Å². The van der Waals surface area contributed by atoms with Crippen LogP contribution in [0.2, 0.25) is 0 Å². The Balaban J connectivity index is 0.00000242. The normalized spacial score (nSPS) is 26.4. The van der Waals surface area contributed by atoms with Gasteiger partial charge in [0.05, 0.1) is 5.54 Å². The Morgan fingerprint density at radius 2 is 1.86 bits per heavy atom. The lowest BCUT2D eigenvalue weighted by molar-refractivity contribution is -0.129. The highest BCUT2D eigenvalue weighted by Crippen LogP contribution is 2.29. The number of carbonyl (C=O) groups is 1. The van der Waals surface area contributed by atoms with Gasteiger partial charge in [0.1, 0.15) is 0 Å². The number of hydrogen-bond donors (Lipinski definition) is 2. The molecule has 0 aromatic carbocycles. The van der Waals surface area contributed by atoms with E-state index in [1.54, 1.807) is 0 Å². The van der Waals surface area contributed by atoms with E-state index in [2.05, 4.69) is 34.0 Å². The number of nitrogens with zero attached hydrogens (tertiary/aromatic N) is 3. The third-order valence-electron chi connectivity index (χ3n) is 4.70. The van der Waals surface area contributed by atoms with E-state index >= 15 is 0 Å². The van der Waals surface area contributed by atoms with Gasteiger partial charge in [-0.2, -0.15) is 0 Å². The van der Waals surface area contributed by atoms with Crippen molar-refractivity contribution in [3.63, 3.8) is 0 Å². The molecule has 22 heavy (non-hydrogen) atoms. The number of piperazine rings is 1. The molecule has 2 fully saturated rings. The number of amides is 1. The molecule has 0 bridgehead atoms. The molecule has 7 heteroatoms. The highest BCUT2D eigenvalue weighted by Gasteiger charge is 2.37. The zero-order valence-electron chi connectivity index (χ0n) is 14.1. The predicted molar refractivity (Wildman–Crippen MR) is 101 cm³/mol. The van der Waals surface area contributed by atoms with Crippen molar-refractivity contribution in [3.05, 3.63) is 0 Å². The Morgan fingerprint density at radius 1 is 1.32 bits per heavy atom. The van der Waals surface area contributed by atoms with Gasteiger partial charge < -0.3 is 16.0 Å². The molecule has 0 aromatic rings. The van der Waals surface area contributed by atoms with Gasteiger partial charge in [-0.05, 0) is 33.1 Å². The molecule has 0 spiro atoms. The van der Waals surface area contributed by atoms with E-state index in [4.69, 9.17) is 5.73 Å². The van der Waals surface area contributed by atoms with Crippen LogP contribution in [0.1, 0.15) is 34.1 Å². The molecule has 1 aliphatic heterocycles. The van der Waals surface area contributed by atoms with Crippen LogP contribution in [0.4, 0.5) is 0 Å². The molecule has 1 amide bonds. The number of primary amides is 1. The first kappa shape index (κ1) is 19.5. The smallest absolute Gasteiger partial charge is 0.237 e. The zero-order valence-corrected chi connectivity index (χ0v) is 16.5. The van der Waals surface area contributed by atoms with E-state index in [-0.39, 0.29) is 29.9 Å². The van der Waals surface area contributed by atoms with Gasteiger partial charge in [-0.25, -0.2) is 0 Å². The minimum Gasteiger partial charge on any atom is -0.368 e. The SMILES string of the molecule is CCN=C(NC1CC1C)N1CCN(C(C)(C)C(N)=O)CC1.I. The topological polar surface area (TPSA) is 74.0 Å². The summed E-state index contributed by atoms with van der Waals surface area (Å²) in [7, 11) is 0. The predicted octanol–water partition coefficient (Wildman–Crippen LogP) is 0.860. The molecule has 2 atom stereocenters. The molecule has 2 aliphatic rings. The molecule has 128 valence electrons. The second-order valence-corrected chi connectivity index (χ2v) is 6.66. The number of nitrogens with two attached hydrogens (primary N) is 1. The number of rotatable bonds is 4. The van der Waals surface area contributed by atoms with Crippen molar-refractivity contribution in [1.82, 2.24) is 15.1 Å². The molecule has 1 saturated carbocycles. The maximum atomic E-state index is 11.6. The summed E-state index contributed by atoms with van der Waals surface area (Å²) in [5, 5.41) is 3.55. The van der Waals surface area contributed by atoms with E-state index in [0.717, 1.165) is 44.6 Å². The van der Waals surface area contributed by atoms with Crippen LogP contribution in [0, 0.1) is 5.92 Å². The van der Waals surface area contributed by atoms with Gasteiger partial charge in [0.2, 0.25) is 5.91 Å². The number of hydrogen-bond acceptors (Lipinski definition) is 3. The summed E-state index contributed by atoms with van der Waals surface area (Å²) in [4.78, 5) is 20.6. The van der Waals surface area contributed by atoms with E-state index in [1.807, 2.05) is 13.8 Å². The third-order valence-corrected chi connectivity index (χ3v) is 4.70. The second kappa shape index (κ2) is 7.81. The van der Waals surface area contributed by atoms with Crippen molar-refractivity contribution in [2.24, 2.45) is 16.6 Å². The summed E-state index contributed by atoms with van der Waals surface area (Å²) < 4.78 is 0. The molecular formula is C15H30IN5O. The molecular weight excluding hydrogens is 393 g/mol. The molecule has 6 nitrogen and oxygen atoms in total. The number of carbonyl (C=O) groups excluding carboxylic acids is 1. The lowest BCUT2D eigenvalue weighted by Gasteiger charge is -2.43. The van der Waals surface area contributed by atoms with Crippen LogP contribution in [0.3, 0.4) is 0 Å².